The number of carboxylic acids is 3. The molecule has 0 saturated heterocycles. The maximum Gasteiger partial charge on any atom is 0.335 e. The van der Waals surface area contributed by atoms with Gasteiger partial charge in [-0.25, -0.2) is 68.0 Å². The standard InChI is InChI=1S/C22H17ClN4O2.C22H16F2N4O2.C19H20N4O3/c23-14-3-1-2-12(8-14)9-19-24-11-17-16-7-4-13(22(28)29)10-18(16)26-21(20(17)27-19)25-15-5-6-15;23-16-3-1-2-11(19(16)24)9-18-25-10-15-14-7-4-12(22(29)30)8-17(14)27-21(20(15)28-18)26-13-5-6-13;24-8-2-1-3-16-20-10-14-13-7-4-11(19(25)26)9-15(13)22-18(17(14)23-16)21-12-5-6-12/h1-4,7-8,10-11,15H,5-6,9H2,(H,25,26)(H,28,29);1-4,7-8,10,13H,5-6,9H2,(H,26,27)(H,29,30);4,7,9-10,12,24H,1-3,5-6,8H2,(H,21,22)(H,25,26). The highest BCUT2D eigenvalue weighted by molar-refractivity contribution is 6.30. The normalized spacial score (nSPS) is 13.8. The number of halogens is 3. The zero-order valence-electron chi connectivity index (χ0n) is 45.4. The first-order chi connectivity index (χ1) is 41.2. The van der Waals surface area contributed by atoms with E-state index in [0.717, 1.165) is 107 Å². The summed E-state index contributed by atoms with van der Waals surface area (Å²) < 4.78 is 27.6. The molecule has 0 bridgehead atoms. The molecule has 3 saturated carbocycles. The van der Waals surface area contributed by atoms with Crippen molar-refractivity contribution in [1.29, 1.82) is 0 Å². The van der Waals surface area contributed by atoms with Gasteiger partial charge in [0.25, 0.3) is 0 Å². The van der Waals surface area contributed by atoms with Crippen molar-refractivity contribution in [3.05, 3.63) is 178 Å². The van der Waals surface area contributed by atoms with Gasteiger partial charge < -0.3 is 36.4 Å². The van der Waals surface area contributed by atoms with E-state index in [1.807, 2.05) is 24.3 Å². The summed E-state index contributed by atoms with van der Waals surface area (Å²) in [5.74, 6) is -1.15. The van der Waals surface area contributed by atoms with Crippen LogP contribution in [0.15, 0.2) is 116 Å². The maximum atomic E-state index is 14.1. The van der Waals surface area contributed by atoms with Gasteiger partial charge in [0.1, 0.15) is 34.0 Å². The Morgan fingerprint density at radius 3 is 1.34 bits per heavy atom. The van der Waals surface area contributed by atoms with Gasteiger partial charge in [0.05, 0.1) is 33.2 Å². The van der Waals surface area contributed by atoms with Gasteiger partial charge in [-0.15, -0.1) is 0 Å². The number of carbonyl (C=O) groups is 3. The summed E-state index contributed by atoms with van der Waals surface area (Å²) >= 11 is 6.09. The molecule has 3 aliphatic rings. The van der Waals surface area contributed by atoms with Gasteiger partial charge in [-0.3, -0.25) is 0 Å². The van der Waals surface area contributed by atoms with Crippen molar-refractivity contribution in [2.75, 3.05) is 22.6 Å². The molecule has 3 aliphatic carbocycles. The minimum atomic E-state index is -1.03. The molecule has 7 N–H and O–H groups in total. The van der Waals surface area contributed by atoms with Crippen molar-refractivity contribution in [3.8, 4) is 0 Å². The molecule has 428 valence electrons. The van der Waals surface area contributed by atoms with Crippen molar-refractivity contribution < 1.29 is 43.6 Å². The molecule has 22 heteroatoms. The number of nitrogens with zero attached hydrogens (tertiary/aromatic N) is 9. The van der Waals surface area contributed by atoms with Gasteiger partial charge in [0.2, 0.25) is 0 Å². The average Bonchev–Trinajstić information content (AvgIpc) is 2.68. The van der Waals surface area contributed by atoms with Crippen LogP contribution in [0.1, 0.15) is 111 Å². The Kier molecular flexibility index (Phi) is 15.7. The number of fused-ring (bicyclic) bond motifs is 9. The van der Waals surface area contributed by atoms with E-state index in [2.05, 4.69) is 45.9 Å². The van der Waals surface area contributed by atoms with Crippen LogP contribution in [0.2, 0.25) is 5.02 Å². The highest BCUT2D eigenvalue weighted by atomic mass is 35.5. The number of benzene rings is 5. The number of pyridine rings is 3. The van der Waals surface area contributed by atoms with Crippen LogP contribution in [0.25, 0.3) is 65.4 Å². The minimum Gasteiger partial charge on any atom is -0.478 e. The molecule has 0 amide bonds. The van der Waals surface area contributed by atoms with E-state index in [4.69, 9.17) is 31.7 Å². The number of aliphatic hydroxyl groups excluding tert-OH is 1. The maximum absolute atomic E-state index is 14.1. The number of aromatic nitrogens is 9. The second-order valence-electron chi connectivity index (χ2n) is 21.3. The Hall–Kier alpha value is -9.73. The molecule has 14 rings (SSSR count). The number of rotatable bonds is 17. The predicted octanol–water partition coefficient (Wildman–Crippen LogP) is 11.8. The summed E-state index contributed by atoms with van der Waals surface area (Å²) in [6, 6.07) is 27.3. The van der Waals surface area contributed by atoms with Crippen molar-refractivity contribution in [2.45, 2.75) is 88.8 Å². The summed E-state index contributed by atoms with van der Waals surface area (Å²) in [6.07, 6.45) is 14.5. The highest BCUT2D eigenvalue weighted by Gasteiger charge is 2.27. The highest BCUT2D eigenvalue weighted by Crippen LogP contribution is 2.36. The summed E-state index contributed by atoms with van der Waals surface area (Å²) in [5.41, 5.74) is 5.62. The first-order valence-corrected chi connectivity index (χ1v) is 28.2. The lowest BCUT2D eigenvalue weighted by atomic mass is 10.1. The Morgan fingerprint density at radius 2 is 0.918 bits per heavy atom. The topological polar surface area (TPSA) is 284 Å². The molecular weight excluding hydrogens is 1110 g/mol. The van der Waals surface area contributed by atoms with Crippen molar-refractivity contribution in [2.24, 2.45) is 0 Å². The fraction of sp³-hybridized carbons (Fsp3) is 0.238. The van der Waals surface area contributed by atoms with Crippen LogP contribution in [-0.4, -0.2) is 108 Å². The molecular formula is C63H53ClF2N12O7. The number of nitrogens with one attached hydrogen (secondary N) is 3. The molecule has 85 heavy (non-hydrogen) atoms. The molecule has 0 unspecified atom stereocenters. The van der Waals surface area contributed by atoms with E-state index >= 15 is 0 Å². The second-order valence-corrected chi connectivity index (χ2v) is 21.7. The molecule has 0 atom stereocenters. The van der Waals surface area contributed by atoms with E-state index < -0.39 is 29.5 Å². The Morgan fingerprint density at radius 1 is 0.494 bits per heavy atom. The van der Waals surface area contributed by atoms with E-state index in [-0.39, 0.29) is 35.3 Å². The summed E-state index contributed by atoms with van der Waals surface area (Å²) in [4.78, 5) is 75.3. The number of aliphatic hydroxyl groups is 1. The summed E-state index contributed by atoms with van der Waals surface area (Å²) in [6.45, 7) is 0.167. The molecule has 19 nitrogen and oxygen atoms in total. The van der Waals surface area contributed by atoms with Gasteiger partial charge in [0.15, 0.2) is 29.1 Å². The number of hydrogen-bond acceptors (Lipinski definition) is 16. The van der Waals surface area contributed by atoms with Crippen LogP contribution in [0.3, 0.4) is 0 Å². The summed E-state index contributed by atoms with van der Waals surface area (Å²) in [5, 5.41) is 52.4. The number of aryl methyl sites for hydroxylation is 1. The average molecular weight is 1160 g/mol. The third kappa shape index (κ3) is 12.8. The van der Waals surface area contributed by atoms with Crippen LogP contribution in [-0.2, 0) is 19.3 Å². The molecule has 6 aromatic heterocycles. The first-order valence-electron chi connectivity index (χ1n) is 27.8. The van der Waals surface area contributed by atoms with Crippen LogP contribution in [0.4, 0.5) is 26.2 Å². The monoisotopic (exact) mass is 1160 g/mol. The van der Waals surface area contributed by atoms with Crippen molar-refractivity contribution in [3.63, 3.8) is 0 Å². The van der Waals surface area contributed by atoms with E-state index in [1.165, 1.54) is 24.3 Å². The predicted molar refractivity (Wildman–Crippen MR) is 319 cm³/mol. The molecule has 0 spiro atoms. The fourth-order valence-corrected chi connectivity index (χ4v) is 10.0. The third-order valence-corrected chi connectivity index (χ3v) is 14.9. The van der Waals surface area contributed by atoms with Crippen LogP contribution < -0.4 is 16.0 Å². The number of hydrogen-bond donors (Lipinski definition) is 7. The molecule has 0 radical (unpaired) electrons. The van der Waals surface area contributed by atoms with E-state index in [1.54, 1.807) is 61.1 Å². The van der Waals surface area contributed by atoms with Gasteiger partial charge >= 0.3 is 17.9 Å². The third-order valence-electron chi connectivity index (χ3n) is 14.7. The smallest absolute Gasteiger partial charge is 0.335 e. The lowest BCUT2D eigenvalue weighted by Gasteiger charge is -2.12. The molecule has 11 aromatic rings. The molecule has 5 aromatic carbocycles. The van der Waals surface area contributed by atoms with Gasteiger partial charge in [-0.1, -0.05) is 54.1 Å². The quantitative estimate of drug-likeness (QED) is 0.0329. The number of aromatic carboxylic acids is 3. The number of anilines is 3. The van der Waals surface area contributed by atoms with E-state index in [9.17, 15) is 38.5 Å². The fourth-order valence-electron chi connectivity index (χ4n) is 9.80. The largest absolute Gasteiger partial charge is 0.478 e. The SMILES string of the molecule is O=C(O)c1ccc2c(c1)nc(NC1CC1)c1nc(CCCCO)ncc12.O=C(O)c1ccc2c(c1)nc(NC1CC1)c1nc(Cc3cccc(Cl)c3)ncc12.O=C(O)c1ccc2c(c1)nc(NC1CC1)c1nc(Cc3cccc(F)c3F)ncc12. The van der Waals surface area contributed by atoms with Crippen molar-refractivity contribution in [1.82, 2.24) is 44.9 Å². The Balaban J connectivity index is 0.000000125. The van der Waals surface area contributed by atoms with E-state index in [0.29, 0.717) is 92.5 Å². The molecule has 3 fully saturated rings. The van der Waals surface area contributed by atoms with Crippen LogP contribution in [0.5, 0.6) is 0 Å². The zero-order chi connectivity index (χ0) is 58.9. The lowest BCUT2D eigenvalue weighted by Crippen LogP contribution is -2.07. The van der Waals surface area contributed by atoms with Gasteiger partial charge in [-0.05, 0) is 117 Å². The van der Waals surface area contributed by atoms with Gasteiger partial charge in [0, 0.05) is 99.9 Å². The second kappa shape index (κ2) is 23.9. The lowest BCUT2D eigenvalue weighted by molar-refractivity contribution is 0.0686. The zero-order valence-corrected chi connectivity index (χ0v) is 46.1. The first kappa shape index (κ1) is 55.8. The Labute approximate surface area is 487 Å². The molecule has 6 heterocycles. The van der Waals surface area contributed by atoms with Crippen molar-refractivity contribution >= 4 is 112 Å². The molecule has 0 aliphatic heterocycles. The van der Waals surface area contributed by atoms with Crippen LogP contribution >= 0.6 is 11.6 Å². The minimum absolute atomic E-state index is 0.0401. The number of unbranched alkanes of at least 4 members (excludes halogenated alkanes) is 1. The van der Waals surface area contributed by atoms with Crippen LogP contribution in [0, 0.1) is 11.6 Å². The van der Waals surface area contributed by atoms with Gasteiger partial charge in [-0.2, -0.15) is 0 Å². The summed E-state index contributed by atoms with van der Waals surface area (Å²) in [7, 11) is 0. The number of carboxylic acid groups (broad SMARTS) is 3. The Bertz CT molecular complexity index is 4470.